The van der Waals surface area contributed by atoms with E-state index in [2.05, 4.69) is 10.2 Å². The minimum absolute atomic E-state index is 0.0476. The number of aromatic amines is 1. The van der Waals surface area contributed by atoms with Crippen molar-refractivity contribution in [2.45, 2.75) is 26.3 Å². The average Bonchev–Trinajstić information content (AvgIpc) is 3.01. The Kier molecular flexibility index (Phi) is 5.60. The van der Waals surface area contributed by atoms with E-state index in [4.69, 9.17) is 21.7 Å². The van der Waals surface area contributed by atoms with Crippen LogP contribution in [-0.4, -0.2) is 39.2 Å². The second-order valence-electron chi connectivity index (χ2n) is 6.67. The first-order valence-corrected chi connectivity index (χ1v) is 9.19. The molecular weight excluding hydrogens is 378 g/mol. The number of aromatic hydroxyl groups is 2. The van der Waals surface area contributed by atoms with Crippen molar-refractivity contribution >= 4 is 12.2 Å². The SMILES string of the molecule is COc1cccc(Cn2c(-c3cc(C(C)C)c(O)cc3O)n[nH]c2=S)c1OC. The molecule has 0 atom stereocenters. The zero-order valence-electron chi connectivity index (χ0n) is 16.2. The average molecular weight is 401 g/mol. The number of hydrogen-bond donors (Lipinski definition) is 3. The predicted octanol–water partition coefficient (Wildman–Crippen LogP) is 4.21. The predicted molar refractivity (Wildman–Crippen MR) is 109 cm³/mol. The Bertz CT molecular complexity index is 1060. The molecule has 0 aliphatic rings. The molecule has 2 aromatic carbocycles. The first kappa shape index (κ1) is 19.8. The molecule has 0 spiro atoms. The maximum absolute atomic E-state index is 10.4. The number of nitrogens with zero attached hydrogens (tertiary/aromatic N) is 2. The Hall–Kier alpha value is -3.00. The maximum Gasteiger partial charge on any atom is 0.195 e. The van der Waals surface area contributed by atoms with Crippen molar-refractivity contribution in [3.8, 4) is 34.4 Å². The van der Waals surface area contributed by atoms with Crippen molar-refractivity contribution < 1.29 is 19.7 Å². The van der Waals surface area contributed by atoms with Crippen LogP contribution in [0.15, 0.2) is 30.3 Å². The monoisotopic (exact) mass is 401 g/mol. The van der Waals surface area contributed by atoms with Crippen molar-refractivity contribution in [2.75, 3.05) is 14.2 Å². The summed E-state index contributed by atoms with van der Waals surface area (Å²) in [6, 6.07) is 8.67. The molecule has 0 aliphatic heterocycles. The van der Waals surface area contributed by atoms with Crippen LogP contribution in [0.25, 0.3) is 11.4 Å². The van der Waals surface area contributed by atoms with Gasteiger partial charge in [0.1, 0.15) is 11.5 Å². The Morgan fingerprint density at radius 1 is 1.14 bits per heavy atom. The van der Waals surface area contributed by atoms with Gasteiger partial charge in [0, 0.05) is 11.6 Å². The third-order valence-corrected chi connectivity index (χ3v) is 4.89. The highest BCUT2D eigenvalue weighted by Crippen LogP contribution is 2.38. The summed E-state index contributed by atoms with van der Waals surface area (Å²) in [5, 5.41) is 27.6. The molecule has 3 N–H and O–H groups in total. The van der Waals surface area contributed by atoms with E-state index in [0.29, 0.717) is 39.8 Å². The van der Waals surface area contributed by atoms with Crippen LogP contribution in [0.5, 0.6) is 23.0 Å². The molecule has 7 nitrogen and oxygen atoms in total. The lowest BCUT2D eigenvalue weighted by Gasteiger charge is -2.15. The third kappa shape index (κ3) is 3.55. The fourth-order valence-electron chi connectivity index (χ4n) is 3.15. The molecular formula is C20H23N3O4S. The first-order valence-electron chi connectivity index (χ1n) is 8.78. The molecule has 3 rings (SSSR count). The van der Waals surface area contributed by atoms with Crippen LogP contribution >= 0.6 is 12.2 Å². The van der Waals surface area contributed by atoms with Gasteiger partial charge in [0.05, 0.1) is 26.3 Å². The number of benzene rings is 2. The molecule has 0 radical (unpaired) electrons. The molecule has 3 aromatic rings. The number of ether oxygens (including phenoxy) is 2. The number of nitrogens with one attached hydrogen (secondary N) is 1. The molecule has 8 heteroatoms. The van der Waals surface area contributed by atoms with Gasteiger partial charge in [-0.05, 0) is 35.8 Å². The highest BCUT2D eigenvalue weighted by Gasteiger charge is 2.19. The molecule has 1 aromatic heterocycles. The van der Waals surface area contributed by atoms with Gasteiger partial charge in [-0.25, -0.2) is 0 Å². The molecule has 0 unspecified atom stereocenters. The zero-order chi connectivity index (χ0) is 20.4. The topological polar surface area (TPSA) is 92.5 Å². The quantitative estimate of drug-likeness (QED) is 0.536. The number of rotatable bonds is 6. The minimum Gasteiger partial charge on any atom is -0.508 e. The Labute approximate surface area is 168 Å². The van der Waals surface area contributed by atoms with Crippen LogP contribution in [0.3, 0.4) is 0 Å². The second-order valence-corrected chi connectivity index (χ2v) is 7.06. The molecule has 0 saturated carbocycles. The van der Waals surface area contributed by atoms with Crippen LogP contribution in [0.4, 0.5) is 0 Å². The largest absolute Gasteiger partial charge is 0.508 e. The number of aromatic nitrogens is 3. The number of para-hydroxylation sites is 1. The van der Waals surface area contributed by atoms with Crippen molar-refractivity contribution in [2.24, 2.45) is 0 Å². The second kappa shape index (κ2) is 7.93. The molecule has 0 aliphatic carbocycles. The van der Waals surface area contributed by atoms with Crippen molar-refractivity contribution in [1.82, 2.24) is 14.8 Å². The summed E-state index contributed by atoms with van der Waals surface area (Å²) >= 11 is 5.41. The minimum atomic E-state index is -0.0743. The highest BCUT2D eigenvalue weighted by molar-refractivity contribution is 7.71. The Balaban J connectivity index is 2.13. The smallest absolute Gasteiger partial charge is 0.195 e. The summed E-state index contributed by atoms with van der Waals surface area (Å²) in [6.45, 7) is 4.30. The number of H-pyrrole nitrogens is 1. The van der Waals surface area contributed by atoms with Crippen molar-refractivity contribution in [3.05, 3.63) is 46.2 Å². The molecule has 0 saturated heterocycles. The lowest BCUT2D eigenvalue weighted by atomic mass is 9.98. The molecule has 28 heavy (non-hydrogen) atoms. The van der Waals surface area contributed by atoms with E-state index in [-0.39, 0.29) is 17.4 Å². The van der Waals surface area contributed by atoms with Crippen LogP contribution in [0.1, 0.15) is 30.9 Å². The molecule has 1 heterocycles. The van der Waals surface area contributed by atoms with Crippen molar-refractivity contribution in [1.29, 1.82) is 0 Å². The van der Waals surface area contributed by atoms with E-state index in [9.17, 15) is 10.2 Å². The van der Waals surface area contributed by atoms with Gasteiger partial charge in [-0.2, -0.15) is 5.10 Å². The first-order chi connectivity index (χ1) is 13.4. The van der Waals surface area contributed by atoms with E-state index in [1.807, 2.05) is 32.0 Å². The van der Waals surface area contributed by atoms with Crippen LogP contribution in [-0.2, 0) is 6.54 Å². The molecule has 0 amide bonds. The zero-order valence-corrected chi connectivity index (χ0v) is 17.0. The summed E-state index contributed by atoms with van der Waals surface area (Å²) in [5.74, 6) is 1.74. The summed E-state index contributed by atoms with van der Waals surface area (Å²) in [6.07, 6.45) is 0. The maximum atomic E-state index is 10.4. The van der Waals surface area contributed by atoms with E-state index < -0.39 is 0 Å². The van der Waals surface area contributed by atoms with Gasteiger partial charge in [0.15, 0.2) is 22.1 Å². The van der Waals surface area contributed by atoms with Crippen molar-refractivity contribution in [3.63, 3.8) is 0 Å². The van der Waals surface area contributed by atoms with Gasteiger partial charge >= 0.3 is 0 Å². The van der Waals surface area contributed by atoms with Gasteiger partial charge in [-0.1, -0.05) is 26.0 Å². The summed E-state index contributed by atoms with van der Waals surface area (Å²) in [4.78, 5) is 0. The fourth-order valence-corrected chi connectivity index (χ4v) is 3.35. The van der Waals surface area contributed by atoms with Crippen LogP contribution in [0, 0.1) is 4.77 Å². The number of methoxy groups -OCH3 is 2. The number of hydrogen-bond acceptors (Lipinski definition) is 6. The Morgan fingerprint density at radius 2 is 1.89 bits per heavy atom. The summed E-state index contributed by atoms with van der Waals surface area (Å²) in [7, 11) is 3.16. The van der Waals surface area contributed by atoms with E-state index in [1.54, 1.807) is 24.9 Å². The van der Waals surface area contributed by atoms with Crippen LogP contribution < -0.4 is 9.47 Å². The standard InChI is InChI=1S/C20H23N3O4S/c1-11(2)13-8-14(16(25)9-15(13)24)19-21-22-20(28)23(19)10-12-6-5-7-17(26-3)18(12)27-4/h5-9,11,24-25H,10H2,1-4H3,(H,22,28). The van der Waals surface area contributed by atoms with Gasteiger partial charge in [-0.15, -0.1) is 0 Å². The van der Waals surface area contributed by atoms with E-state index in [1.165, 1.54) is 6.07 Å². The third-order valence-electron chi connectivity index (χ3n) is 4.58. The van der Waals surface area contributed by atoms with Gasteiger partial charge in [0.25, 0.3) is 0 Å². The Morgan fingerprint density at radius 3 is 2.54 bits per heavy atom. The van der Waals surface area contributed by atoms with Gasteiger partial charge in [0.2, 0.25) is 0 Å². The van der Waals surface area contributed by atoms with Gasteiger partial charge in [-0.3, -0.25) is 9.67 Å². The lowest BCUT2D eigenvalue weighted by molar-refractivity contribution is 0.351. The summed E-state index contributed by atoms with van der Waals surface area (Å²) in [5.41, 5.74) is 2.05. The van der Waals surface area contributed by atoms with Gasteiger partial charge < -0.3 is 19.7 Å². The number of phenolic OH excluding ortho intramolecular Hbond substituents is 2. The lowest BCUT2D eigenvalue weighted by Crippen LogP contribution is -2.05. The highest BCUT2D eigenvalue weighted by atomic mass is 32.1. The summed E-state index contributed by atoms with van der Waals surface area (Å²) < 4.78 is 13.0. The molecule has 0 fully saturated rings. The van der Waals surface area contributed by atoms with E-state index >= 15 is 0 Å². The van der Waals surface area contributed by atoms with Crippen LogP contribution in [0.2, 0.25) is 0 Å². The molecule has 148 valence electrons. The fraction of sp³-hybridized carbons (Fsp3) is 0.300. The number of phenols is 2. The van der Waals surface area contributed by atoms with E-state index in [0.717, 1.165) is 5.56 Å². The molecule has 0 bridgehead atoms. The normalized spacial score (nSPS) is 11.0.